The van der Waals surface area contributed by atoms with Gasteiger partial charge in [0.05, 0.1) is 11.7 Å². The van der Waals surface area contributed by atoms with Crippen molar-refractivity contribution in [1.29, 1.82) is 0 Å². The summed E-state index contributed by atoms with van der Waals surface area (Å²) in [6.45, 7) is 3.41. The summed E-state index contributed by atoms with van der Waals surface area (Å²) in [6, 6.07) is 16.3. The van der Waals surface area contributed by atoms with Gasteiger partial charge in [-0.05, 0) is 61.0 Å². The average Bonchev–Trinajstić information content (AvgIpc) is 3.53. The molecule has 0 spiro atoms. The molecule has 0 saturated carbocycles. The van der Waals surface area contributed by atoms with Gasteiger partial charge in [0, 0.05) is 18.8 Å². The lowest BCUT2D eigenvalue weighted by atomic mass is 10.1. The van der Waals surface area contributed by atoms with Crippen LogP contribution in [-0.4, -0.2) is 34.0 Å². The monoisotopic (exact) mass is 487 g/mol. The van der Waals surface area contributed by atoms with E-state index in [2.05, 4.69) is 10.2 Å². The van der Waals surface area contributed by atoms with Crippen molar-refractivity contribution in [3.05, 3.63) is 77.4 Å². The number of rotatable bonds is 8. The second-order valence-corrected chi connectivity index (χ2v) is 11.0. The molecule has 1 aliphatic rings. The summed E-state index contributed by atoms with van der Waals surface area (Å²) in [5.41, 5.74) is 1.90. The van der Waals surface area contributed by atoms with Crippen LogP contribution in [0.4, 0.5) is 15.8 Å². The van der Waals surface area contributed by atoms with Gasteiger partial charge < -0.3 is 10.2 Å². The smallest absolute Gasteiger partial charge is 0.274 e. The van der Waals surface area contributed by atoms with Gasteiger partial charge in [0.15, 0.2) is 0 Å². The van der Waals surface area contributed by atoms with Gasteiger partial charge in [-0.25, -0.2) is 12.8 Å². The first-order valence-corrected chi connectivity index (χ1v) is 13.1. The summed E-state index contributed by atoms with van der Waals surface area (Å²) in [7, 11) is -4.10. The number of halogens is 1. The van der Waals surface area contributed by atoms with Crippen molar-refractivity contribution in [2.24, 2.45) is 0 Å². The molecule has 0 bridgehead atoms. The molecule has 1 unspecified atom stereocenters. The van der Waals surface area contributed by atoms with Crippen LogP contribution in [0.1, 0.15) is 31.4 Å². The summed E-state index contributed by atoms with van der Waals surface area (Å²) in [5.74, 6) is -1.23. The van der Waals surface area contributed by atoms with Gasteiger partial charge in [0.25, 0.3) is 10.0 Å². The lowest BCUT2D eigenvalue weighted by Gasteiger charge is -2.25. The standard InChI is InChI=1S/C24H26FN3O3S2/c1-18(19-10-12-20(13-11-19)27-14-4-5-15-27)26-23(29)17-28(22-8-3-2-7-21(22)25)33(30,31)24-9-6-16-32-24/h2-3,6-13,16,18H,4-5,14-15,17H2,1H3,(H,26,29). The third-order valence-electron chi connectivity index (χ3n) is 5.69. The fourth-order valence-electron chi connectivity index (χ4n) is 3.92. The van der Waals surface area contributed by atoms with Crippen LogP contribution in [0.15, 0.2) is 70.3 Å². The molecular weight excluding hydrogens is 461 g/mol. The van der Waals surface area contributed by atoms with Gasteiger partial charge in [0.2, 0.25) is 5.91 Å². The zero-order valence-corrected chi connectivity index (χ0v) is 19.9. The van der Waals surface area contributed by atoms with Gasteiger partial charge in [-0.2, -0.15) is 0 Å². The van der Waals surface area contributed by atoms with Crippen molar-refractivity contribution in [2.75, 3.05) is 28.8 Å². The van der Waals surface area contributed by atoms with Crippen molar-refractivity contribution < 1.29 is 17.6 Å². The van der Waals surface area contributed by atoms with Crippen molar-refractivity contribution in [1.82, 2.24) is 5.32 Å². The first-order chi connectivity index (χ1) is 15.9. The lowest BCUT2D eigenvalue weighted by Crippen LogP contribution is -2.41. The van der Waals surface area contributed by atoms with Crippen LogP contribution >= 0.6 is 11.3 Å². The zero-order valence-electron chi connectivity index (χ0n) is 18.3. The summed E-state index contributed by atoms with van der Waals surface area (Å²) in [5, 5.41) is 4.47. The molecule has 1 fully saturated rings. The maximum Gasteiger partial charge on any atom is 0.274 e. The molecular formula is C24H26FN3O3S2. The maximum absolute atomic E-state index is 14.5. The number of nitrogens with zero attached hydrogens (tertiary/aromatic N) is 2. The number of benzene rings is 2. The molecule has 2 aromatic carbocycles. The zero-order chi connectivity index (χ0) is 23.4. The van der Waals surface area contributed by atoms with E-state index in [1.807, 2.05) is 31.2 Å². The molecule has 2 heterocycles. The Kier molecular flexibility index (Phi) is 6.99. The van der Waals surface area contributed by atoms with Crippen LogP contribution in [0.5, 0.6) is 0 Å². The molecule has 1 aliphatic heterocycles. The minimum absolute atomic E-state index is 0.0455. The number of hydrogen-bond donors (Lipinski definition) is 1. The summed E-state index contributed by atoms with van der Waals surface area (Å²) >= 11 is 1.02. The van der Waals surface area contributed by atoms with E-state index in [4.69, 9.17) is 0 Å². The highest BCUT2D eigenvalue weighted by atomic mass is 32.2. The Morgan fingerprint density at radius 3 is 2.42 bits per heavy atom. The Labute approximate surface area is 197 Å². The highest BCUT2D eigenvalue weighted by Gasteiger charge is 2.30. The van der Waals surface area contributed by atoms with Crippen LogP contribution in [0.25, 0.3) is 0 Å². The molecule has 1 atom stereocenters. The van der Waals surface area contributed by atoms with Crippen molar-refractivity contribution in [2.45, 2.75) is 30.0 Å². The van der Waals surface area contributed by atoms with Crippen LogP contribution in [0.3, 0.4) is 0 Å². The van der Waals surface area contributed by atoms with Crippen LogP contribution < -0.4 is 14.5 Å². The minimum atomic E-state index is -4.10. The number of amides is 1. The molecule has 6 nitrogen and oxygen atoms in total. The Morgan fingerprint density at radius 2 is 1.79 bits per heavy atom. The first kappa shape index (κ1) is 23.3. The Hall–Kier alpha value is -2.91. The van der Waals surface area contributed by atoms with Crippen LogP contribution in [0.2, 0.25) is 0 Å². The number of carbonyl (C=O) groups is 1. The minimum Gasteiger partial charge on any atom is -0.372 e. The highest BCUT2D eigenvalue weighted by molar-refractivity contribution is 7.94. The fourth-order valence-corrected chi connectivity index (χ4v) is 6.46. The third-order valence-corrected chi connectivity index (χ3v) is 8.82. The van der Waals surface area contributed by atoms with Crippen molar-refractivity contribution in [3.8, 4) is 0 Å². The predicted octanol–water partition coefficient (Wildman–Crippen LogP) is 4.56. The van der Waals surface area contributed by atoms with E-state index < -0.39 is 28.3 Å². The average molecular weight is 488 g/mol. The van der Waals surface area contributed by atoms with E-state index in [1.54, 1.807) is 11.4 Å². The van der Waals surface area contributed by atoms with E-state index in [0.29, 0.717) is 0 Å². The first-order valence-electron chi connectivity index (χ1n) is 10.8. The topological polar surface area (TPSA) is 69.7 Å². The second kappa shape index (κ2) is 9.93. The number of hydrogen-bond acceptors (Lipinski definition) is 5. The Bertz CT molecular complexity index is 1190. The second-order valence-electron chi connectivity index (χ2n) is 7.97. The molecule has 1 saturated heterocycles. The molecule has 3 aromatic rings. The van der Waals surface area contributed by atoms with E-state index in [9.17, 15) is 17.6 Å². The van der Waals surface area contributed by atoms with Gasteiger partial charge in [-0.1, -0.05) is 30.3 Å². The van der Waals surface area contributed by atoms with E-state index in [1.165, 1.54) is 43.2 Å². The lowest BCUT2D eigenvalue weighted by molar-refractivity contribution is -0.120. The highest BCUT2D eigenvalue weighted by Crippen LogP contribution is 2.28. The molecule has 33 heavy (non-hydrogen) atoms. The van der Waals surface area contributed by atoms with Crippen molar-refractivity contribution >= 4 is 38.6 Å². The Morgan fingerprint density at radius 1 is 1.09 bits per heavy atom. The molecule has 0 radical (unpaired) electrons. The molecule has 0 aliphatic carbocycles. The molecule has 9 heteroatoms. The summed E-state index contributed by atoms with van der Waals surface area (Å²) < 4.78 is 41.8. The van der Waals surface area contributed by atoms with Gasteiger partial charge in [0.1, 0.15) is 16.6 Å². The quantitative estimate of drug-likeness (QED) is 0.506. The SMILES string of the molecule is CC(NC(=O)CN(c1ccccc1F)S(=O)(=O)c1cccs1)c1ccc(N2CCCC2)cc1. The maximum atomic E-state index is 14.5. The molecule has 1 N–H and O–H groups in total. The summed E-state index contributed by atoms with van der Waals surface area (Å²) in [4.78, 5) is 15.2. The normalized spacial score (nSPS) is 14.8. The summed E-state index contributed by atoms with van der Waals surface area (Å²) in [6.07, 6.45) is 2.39. The largest absolute Gasteiger partial charge is 0.372 e. The van der Waals surface area contributed by atoms with E-state index in [-0.39, 0.29) is 15.9 Å². The molecule has 1 aromatic heterocycles. The third kappa shape index (κ3) is 5.20. The Balaban J connectivity index is 1.50. The number of para-hydroxylation sites is 1. The predicted molar refractivity (Wildman–Crippen MR) is 130 cm³/mol. The molecule has 4 rings (SSSR count). The number of anilines is 2. The molecule has 174 valence electrons. The molecule has 1 amide bonds. The fraction of sp³-hybridized carbons (Fsp3) is 0.292. The number of nitrogens with one attached hydrogen (secondary N) is 1. The van der Waals surface area contributed by atoms with Crippen LogP contribution in [-0.2, 0) is 14.8 Å². The number of thiophene rings is 1. The van der Waals surface area contributed by atoms with Gasteiger partial charge in [-0.15, -0.1) is 11.3 Å². The van der Waals surface area contributed by atoms with Gasteiger partial charge in [-0.3, -0.25) is 9.10 Å². The number of carbonyl (C=O) groups excluding carboxylic acids is 1. The van der Waals surface area contributed by atoms with Crippen molar-refractivity contribution in [3.63, 3.8) is 0 Å². The van der Waals surface area contributed by atoms with Crippen LogP contribution in [0, 0.1) is 5.82 Å². The van der Waals surface area contributed by atoms with Gasteiger partial charge >= 0.3 is 0 Å². The van der Waals surface area contributed by atoms with E-state index >= 15 is 0 Å². The van der Waals surface area contributed by atoms with E-state index in [0.717, 1.165) is 40.0 Å². The number of sulfonamides is 1.